The number of rotatable bonds is 4. The monoisotopic (exact) mass is 387 g/mol. The number of carboxylic acid groups (broad SMARTS) is 1. The van der Waals surface area contributed by atoms with E-state index < -0.39 is 5.97 Å². The summed E-state index contributed by atoms with van der Waals surface area (Å²) in [5.74, 6) is -1.93. The van der Waals surface area contributed by atoms with Gasteiger partial charge in [-0.25, -0.2) is 4.39 Å². The van der Waals surface area contributed by atoms with Gasteiger partial charge < -0.3 is 14.9 Å². The van der Waals surface area contributed by atoms with Crippen LogP contribution in [0.5, 0.6) is 0 Å². The van der Waals surface area contributed by atoms with Gasteiger partial charge in [-0.05, 0) is 43.5 Å². The highest BCUT2D eigenvalue weighted by atomic mass is 19.1. The zero-order valence-electron chi connectivity index (χ0n) is 15.6. The highest BCUT2D eigenvalue weighted by Gasteiger charge is 2.28. The Morgan fingerprint density at radius 3 is 2.75 bits per heavy atom. The Labute approximate surface area is 161 Å². The summed E-state index contributed by atoms with van der Waals surface area (Å²) in [4.78, 5) is 43.0. The lowest BCUT2D eigenvalue weighted by atomic mass is 10.1. The van der Waals surface area contributed by atoms with Gasteiger partial charge in [-0.15, -0.1) is 0 Å². The van der Waals surface area contributed by atoms with Crippen molar-refractivity contribution in [3.05, 3.63) is 41.8 Å². The quantitative estimate of drug-likeness (QED) is 0.869. The number of likely N-dealkylation sites (tertiary alicyclic amines) is 1. The van der Waals surface area contributed by atoms with E-state index >= 15 is 0 Å². The summed E-state index contributed by atoms with van der Waals surface area (Å²) in [6.07, 6.45) is 3.29. The molecule has 1 aromatic carbocycles. The number of aliphatic carboxylic acids is 1. The molecule has 0 saturated carbocycles. The molecular weight excluding hydrogens is 365 g/mol. The average Bonchev–Trinajstić information content (AvgIpc) is 2.90. The van der Waals surface area contributed by atoms with Gasteiger partial charge in [0.1, 0.15) is 12.4 Å². The van der Waals surface area contributed by atoms with Crippen molar-refractivity contribution in [3.8, 4) is 0 Å². The second-order valence-electron chi connectivity index (χ2n) is 6.98. The van der Waals surface area contributed by atoms with Crippen LogP contribution in [-0.4, -0.2) is 63.4 Å². The van der Waals surface area contributed by atoms with Crippen LogP contribution in [0.4, 0.5) is 4.39 Å². The van der Waals surface area contributed by atoms with E-state index in [9.17, 15) is 18.8 Å². The zero-order valence-corrected chi connectivity index (χ0v) is 15.6. The maximum atomic E-state index is 13.5. The van der Waals surface area contributed by atoms with Gasteiger partial charge in [0.25, 0.3) is 5.91 Å². The number of pyridine rings is 1. The lowest BCUT2D eigenvalue weighted by Gasteiger charge is -2.28. The number of aromatic nitrogens is 1. The van der Waals surface area contributed by atoms with Crippen LogP contribution in [0.15, 0.2) is 30.5 Å². The molecule has 3 rings (SSSR count). The molecule has 28 heavy (non-hydrogen) atoms. The molecule has 0 aliphatic carbocycles. The Morgan fingerprint density at radius 1 is 1.25 bits per heavy atom. The van der Waals surface area contributed by atoms with Crippen LogP contribution >= 0.6 is 0 Å². The van der Waals surface area contributed by atoms with E-state index in [-0.39, 0.29) is 30.2 Å². The van der Waals surface area contributed by atoms with Crippen LogP contribution in [0.3, 0.4) is 0 Å². The Bertz CT molecular complexity index is 917. The van der Waals surface area contributed by atoms with Crippen LogP contribution in [0.25, 0.3) is 10.9 Å². The van der Waals surface area contributed by atoms with Crippen molar-refractivity contribution >= 4 is 28.7 Å². The summed E-state index contributed by atoms with van der Waals surface area (Å²) in [7, 11) is 0. The van der Waals surface area contributed by atoms with E-state index in [0.29, 0.717) is 48.8 Å². The van der Waals surface area contributed by atoms with Crippen molar-refractivity contribution in [3.63, 3.8) is 0 Å². The smallest absolute Gasteiger partial charge is 0.323 e. The number of benzene rings is 1. The fraction of sp³-hybridized carbons (Fsp3) is 0.400. The van der Waals surface area contributed by atoms with E-state index in [0.717, 1.165) is 0 Å². The lowest BCUT2D eigenvalue weighted by Crippen LogP contribution is -2.43. The summed E-state index contributed by atoms with van der Waals surface area (Å²) in [6, 6.07) is 5.64. The van der Waals surface area contributed by atoms with Gasteiger partial charge in [-0.1, -0.05) is 0 Å². The minimum Gasteiger partial charge on any atom is -0.480 e. The van der Waals surface area contributed by atoms with Crippen molar-refractivity contribution in [2.75, 3.05) is 19.6 Å². The van der Waals surface area contributed by atoms with Crippen molar-refractivity contribution in [2.45, 2.75) is 32.2 Å². The van der Waals surface area contributed by atoms with E-state index in [4.69, 9.17) is 5.11 Å². The molecule has 1 saturated heterocycles. The van der Waals surface area contributed by atoms with Crippen LogP contribution in [0.2, 0.25) is 0 Å². The minimum absolute atomic E-state index is 0.202. The second-order valence-corrected chi connectivity index (χ2v) is 6.98. The molecule has 1 aromatic heterocycles. The summed E-state index contributed by atoms with van der Waals surface area (Å²) >= 11 is 0. The fourth-order valence-corrected chi connectivity index (χ4v) is 3.64. The largest absolute Gasteiger partial charge is 0.480 e. The second kappa shape index (κ2) is 8.33. The highest BCUT2D eigenvalue weighted by molar-refractivity contribution is 5.97. The van der Waals surface area contributed by atoms with E-state index in [1.165, 1.54) is 30.2 Å². The number of amides is 2. The minimum atomic E-state index is -1.05. The first-order valence-corrected chi connectivity index (χ1v) is 9.18. The molecule has 0 spiro atoms. The van der Waals surface area contributed by atoms with Crippen molar-refractivity contribution in [2.24, 2.45) is 0 Å². The first-order chi connectivity index (χ1) is 13.3. The molecule has 8 heteroatoms. The Morgan fingerprint density at radius 2 is 2.04 bits per heavy atom. The van der Waals surface area contributed by atoms with Gasteiger partial charge in [0.15, 0.2) is 0 Å². The van der Waals surface area contributed by atoms with Gasteiger partial charge in [0.05, 0.1) is 11.1 Å². The predicted molar refractivity (Wildman–Crippen MR) is 100 cm³/mol. The van der Waals surface area contributed by atoms with Crippen LogP contribution in [0, 0.1) is 5.82 Å². The van der Waals surface area contributed by atoms with Gasteiger partial charge in [-0.2, -0.15) is 0 Å². The normalized spacial score (nSPS) is 17.2. The molecule has 1 aliphatic rings. The van der Waals surface area contributed by atoms with Crippen molar-refractivity contribution in [1.29, 1.82) is 0 Å². The third kappa shape index (κ3) is 4.44. The number of carboxylic acids is 1. The molecule has 1 unspecified atom stereocenters. The number of nitrogens with zero attached hydrogens (tertiary/aromatic N) is 3. The van der Waals surface area contributed by atoms with Crippen LogP contribution in [0.1, 0.15) is 36.5 Å². The predicted octanol–water partition coefficient (Wildman–Crippen LogP) is 2.30. The molecule has 0 radical (unpaired) electrons. The molecule has 2 heterocycles. The maximum absolute atomic E-state index is 13.5. The third-order valence-electron chi connectivity index (χ3n) is 5.03. The van der Waals surface area contributed by atoms with Crippen LogP contribution in [-0.2, 0) is 9.59 Å². The SMILES string of the molecule is CC(=O)N(CC(=O)O)C1CCCN(C(=O)c2cnc3ccc(F)cc3c2)CC1. The Hall–Kier alpha value is -3.03. The zero-order chi connectivity index (χ0) is 20.3. The van der Waals surface area contributed by atoms with E-state index in [1.54, 1.807) is 17.0 Å². The van der Waals surface area contributed by atoms with E-state index in [2.05, 4.69) is 4.98 Å². The number of hydrogen-bond acceptors (Lipinski definition) is 4. The molecule has 2 amide bonds. The summed E-state index contributed by atoms with van der Waals surface area (Å²) in [5, 5.41) is 9.59. The number of hydrogen-bond donors (Lipinski definition) is 1. The molecular formula is C20H22FN3O4. The van der Waals surface area contributed by atoms with Gasteiger partial charge in [-0.3, -0.25) is 19.4 Å². The Balaban J connectivity index is 1.73. The van der Waals surface area contributed by atoms with Crippen molar-refractivity contribution in [1.82, 2.24) is 14.8 Å². The summed E-state index contributed by atoms with van der Waals surface area (Å²) in [5.41, 5.74) is 0.991. The number of fused-ring (bicyclic) bond motifs is 1. The first kappa shape index (κ1) is 19.7. The first-order valence-electron chi connectivity index (χ1n) is 9.18. The third-order valence-corrected chi connectivity index (χ3v) is 5.03. The lowest BCUT2D eigenvalue weighted by molar-refractivity contribution is -0.145. The molecule has 1 fully saturated rings. The molecule has 148 valence electrons. The molecule has 0 bridgehead atoms. The standard InChI is InChI=1S/C20H22FN3O4/c1-13(25)24(12-19(26)27)17-3-2-7-23(8-6-17)20(28)15-9-14-10-16(21)4-5-18(14)22-11-15/h4-5,9-11,17H,2-3,6-8,12H2,1H3,(H,26,27). The molecule has 7 nitrogen and oxygen atoms in total. The average molecular weight is 387 g/mol. The molecule has 1 aliphatic heterocycles. The maximum Gasteiger partial charge on any atom is 0.323 e. The summed E-state index contributed by atoms with van der Waals surface area (Å²) < 4.78 is 13.5. The van der Waals surface area contributed by atoms with Gasteiger partial charge in [0, 0.05) is 37.6 Å². The van der Waals surface area contributed by atoms with Gasteiger partial charge >= 0.3 is 5.97 Å². The van der Waals surface area contributed by atoms with Gasteiger partial charge in [0.2, 0.25) is 5.91 Å². The molecule has 1 atom stereocenters. The number of halogens is 1. The topological polar surface area (TPSA) is 90.8 Å². The van der Waals surface area contributed by atoms with Crippen LogP contribution < -0.4 is 0 Å². The van der Waals surface area contributed by atoms with E-state index in [1.807, 2.05) is 0 Å². The fourth-order valence-electron chi connectivity index (χ4n) is 3.64. The number of carbonyl (C=O) groups is 3. The Kier molecular flexibility index (Phi) is 5.87. The molecule has 2 aromatic rings. The summed E-state index contributed by atoms with van der Waals surface area (Å²) in [6.45, 7) is 1.94. The number of carbonyl (C=O) groups excluding carboxylic acids is 2. The van der Waals surface area contributed by atoms with Crippen molar-refractivity contribution < 1.29 is 23.9 Å². The highest BCUT2D eigenvalue weighted by Crippen LogP contribution is 2.20. The molecule has 1 N–H and O–H groups in total.